The van der Waals surface area contributed by atoms with E-state index in [1.54, 1.807) is 26.0 Å². The number of halogens is 3. The van der Waals surface area contributed by atoms with Crippen molar-refractivity contribution in [2.45, 2.75) is 51.2 Å². The number of allylic oxidation sites excluding steroid dienone is 2. The van der Waals surface area contributed by atoms with Gasteiger partial charge < -0.3 is 10.6 Å². The molecule has 1 aromatic heterocycles. The van der Waals surface area contributed by atoms with Crippen molar-refractivity contribution in [3.05, 3.63) is 51.5 Å². The molecule has 180 valence electrons. The number of carbonyl (C=O) groups excluding carboxylic acids is 3. The number of aromatic nitrogens is 1. The van der Waals surface area contributed by atoms with Crippen molar-refractivity contribution in [2.75, 3.05) is 11.9 Å². The van der Waals surface area contributed by atoms with E-state index in [2.05, 4.69) is 10.3 Å². The average Bonchev–Trinajstić information content (AvgIpc) is 3.43. The van der Waals surface area contributed by atoms with Gasteiger partial charge in [0.1, 0.15) is 11.5 Å². The van der Waals surface area contributed by atoms with Crippen molar-refractivity contribution in [3.8, 4) is 0 Å². The minimum atomic E-state index is -4.59. The van der Waals surface area contributed by atoms with Gasteiger partial charge in [-0.05, 0) is 44.7 Å². The molecule has 0 radical (unpaired) electrons. The number of benzene rings is 1. The van der Waals surface area contributed by atoms with Crippen LogP contribution in [0.5, 0.6) is 0 Å². The second kappa shape index (κ2) is 8.23. The summed E-state index contributed by atoms with van der Waals surface area (Å²) in [7, 11) is 0. The summed E-state index contributed by atoms with van der Waals surface area (Å²) in [5.74, 6) is -1.19. The summed E-state index contributed by atoms with van der Waals surface area (Å²) in [4.78, 5) is 43.3. The van der Waals surface area contributed by atoms with E-state index in [0.29, 0.717) is 19.4 Å². The van der Waals surface area contributed by atoms with E-state index in [-0.39, 0.29) is 32.4 Å². The first-order valence-electron chi connectivity index (χ1n) is 10.6. The molecule has 1 fully saturated rings. The first-order valence-corrected chi connectivity index (χ1v) is 11.5. The lowest BCUT2D eigenvalue weighted by atomic mass is 9.84. The fraction of sp³-hybridized carbons (Fsp3) is 0.391. The molecule has 0 bridgehead atoms. The molecule has 34 heavy (non-hydrogen) atoms. The number of rotatable bonds is 4. The Morgan fingerprint density at radius 2 is 1.97 bits per heavy atom. The highest BCUT2D eigenvalue weighted by atomic mass is 32.1. The molecule has 1 aliphatic carbocycles. The number of nitrogens with zero attached hydrogens (tertiary/aromatic N) is 2. The zero-order chi connectivity index (χ0) is 25.0. The van der Waals surface area contributed by atoms with E-state index in [0.717, 1.165) is 29.9 Å². The number of fused-ring (bicyclic) bond motifs is 1. The number of anilines is 1. The monoisotopic (exact) mass is 492 g/mol. The number of nitrogens with one attached hydrogen (secondary N) is 1. The van der Waals surface area contributed by atoms with Gasteiger partial charge in [0.15, 0.2) is 5.13 Å². The van der Waals surface area contributed by atoms with Crippen LogP contribution in [0, 0.1) is 13.8 Å². The third-order valence-corrected chi connectivity index (χ3v) is 7.42. The first kappa shape index (κ1) is 23.9. The Bertz CT molecular complexity index is 1240. The fourth-order valence-electron chi connectivity index (χ4n) is 4.45. The smallest absolute Gasteiger partial charge is 0.368 e. The van der Waals surface area contributed by atoms with Crippen molar-refractivity contribution in [2.24, 2.45) is 5.73 Å². The van der Waals surface area contributed by atoms with Crippen molar-refractivity contribution in [3.63, 3.8) is 0 Å². The summed E-state index contributed by atoms with van der Waals surface area (Å²) >= 11 is 0.880. The molecule has 2 atom stereocenters. The van der Waals surface area contributed by atoms with Gasteiger partial charge in [-0.3, -0.25) is 14.9 Å². The Morgan fingerprint density at radius 3 is 2.62 bits per heavy atom. The molecule has 0 saturated carbocycles. The minimum absolute atomic E-state index is 0.0242. The molecule has 4 rings (SSSR count). The zero-order valence-electron chi connectivity index (χ0n) is 18.7. The van der Waals surface area contributed by atoms with Crippen LogP contribution in [-0.4, -0.2) is 46.4 Å². The largest absolute Gasteiger partial charge is 0.401 e. The number of urea groups is 1. The van der Waals surface area contributed by atoms with E-state index in [4.69, 9.17) is 5.73 Å². The molecular weight excluding hydrogens is 469 g/mol. The van der Waals surface area contributed by atoms with E-state index in [9.17, 15) is 27.6 Å². The van der Waals surface area contributed by atoms with Crippen LogP contribution in [0.1, 0.15) is 51.8 Å². The van der Waals surface area contributed by atoms with E-state index in [1.807, 2.05) is 0 Å². The maximum Gasteiger partial charge on any atom is 0.401 e. The molecule has 1 aromatic carbocycles. The Balaban J connectivity index is 1.65. The second-order valence-electron chi connectivity index (χ2n) is 8.75. The maximum absolute atomic E-state index is 14.0. The number of nitrogens with two attached hydrogens (primary N) is 1. The highest BCUT2D eigenvalue weighted by Crippen LogP contribution is 2.51. The number of likely N-dealkylation sites (tertiary alicyclic amines) is 1. The number of alkyl halides is 3. The summed E-state index contributed by atoms with van der Waals surface area (Å²) in [6.07, 6.45) is -2.52. The average molecular weight is 493 g/mol. The Morgan fingerprint density at radius 1 is 1.26 bits per heavy atom. The van der Waals surface area contributed by atoms with Crippen LogP contribution in [0.25, 0.3) is 5.57 Å². The molecule has 7 nitrogen and oxygen atoms in total. The van der Waals surface area contributed by atoms with E-state index in [1.165, 1.54) is 11.0 Å². The molecule has 2 aliphatic rings. The molecule has 2 aromatic rings. The van der Waals surface area contributed by atoms with Crippen molar-refractivity contribution in [1.82, 2.24) is 9.88 Å². The quantitative estimate of drug-likeness (QED) is 0.620. The third kappa shape index (κ3) is 3.87. The Labute approximate surface area is 197 Å². The van der Waals surface area contributed by atoms with E-state index >= 15 is 0 Å². The van der Waals surface area contributed by atoms with Gasteiger partial charge >= 0.3 is 12.2 Å². The lowest BCUT2D eigenvalue weighted by molar-refractivity contribution is -0.170. The highest BCUT2D eigenvalue weighted by molar-refractivity contribution is 7.18. The number of carbonyl (C=O) groups is 3. The van der Waals surface area contributed by atoms with Crippen LogP contribution in [0.15, 0.2) is 24.3 Å². The predicted molar refractivity (Wildman–Crippen MR) is 122 cm³/mol. The number of hydrogen-bond acceptors (Lipinski definition) is 5. The molecular formula is C23H23F3N4O3S. The number of amides is 3. The fourth-order valence-corrected chi connectivity index (χ4v) is 5.36. The Kier molecular flexibility index (Phi) is 5.79. The van der Waals surface area contributed by atoms with E-state index < -0.39 is 35.4 Å². The SMILES string of the molecule is Cc1ccc2c(c1)C(C(=O)c1sc(NC(=O)N3CCC[C@H]3C(N)=O)nc1C)=CC2(C)C(F)(F)F. The van der Waals surface area contributed by atoms with Gasteiger partial charge in [-0.1, -0.05) is 41.2 Å². The number of primary amides is 1. The molecule has 1 saturated heterocycles. The van der Waals surface area contributed by atoms with Crippen LogP contribution in [0.4, 0.5) is 23.1 Å². The zero-order valence-corrected chi connectivity index (χ0v) is 19.6. The molecule has 0 spiro atoms. The van der Waals surface area contributed by atoms with Crippen LogP contribution in [0.2, 0.25) is 0 Å². The molecule has 11 heteroatoms. The summed E-state index contributed by atoms with van der Waals surface area (Å²) in [6, 6.07) is 3.29. The number of ketones is 1. The number of thiazole rings is 1. The summed E-state index contributed by atoms with van der Waals surface area (Å²) < 4.78 is 41.9. The van der Waals surface area contributed by atoms with Gasteiger partial charge in [0.2, 0.25) is 11.7 Å². The third-order valence-electron chi connectivity index (χ3n) is 6.35. The normalized spacial score (nSPS) is 21.9. The van der Waals surface area contributed by atoms with Crippen LogP contribution < -0.4 is 11.1 Å². The molecule has 3 N–H and O–H groups in total. The lowest BCUT2D eigenvalue weighted by Crippen LogP contribution is -2.45. The van der Waals surface area contributed by atoms with Crippen molar-refractivity contribution < 1.29 is 27.6 Å². The number of Topliss-reactive ketones (excluding diaryl/α,β-unsaturated/α-hetero) is 1. The van der Waals surface area contributed by atoms with Gasteiger partial charge in [0.05, 0.1) is 10.6 Å². The van der Waals surface area contributed by atoms with Gasteiger partial charge in [0, 0.05) is 12.1 Å². The van der Waals surface area contributed by atoms with Crippen LogP contribution in [0.3, 0.4) is 0 Å². The van der Waals surface area contributed by atoms with Crippen molar-refractivity contribution in [1.29, 1.82) is 0 Å². The second-order valence-corrected chi connectivity index (χ2v) is 9.75. The topological polar surface area (TPSA) is 105 Å². The molecule has 1 aliphatic heterocycles. The van der Waals surface area contributed by atoms with Gasteiger partial charge in [-0.15, -0.1) is 0 Å². The van der Waals surface area contributed by atoms with Gasteiger partial charge in [-0.25, -0.2) is 9.78 Å². The van der Waals surface area contributed by atoms with Crippen molar-refractivity contribution >= 4 is 39.8 Å². The van der Waals surface area contributed by atoms with Crippen LogP contribution in [-0.2, 0) is 10.2 Å². The lowest BCUT2D eigenvalue weighted by Gasteiger charge is -2.27. The Hall–Kier alpha value is -3.21. The first-order chi connectivity index (χ1) is 15.8. The number of aryl methyl sites for hydroxylation is 2. The molecule has 1 unspecified atom stereocenters. The standard InChI is InChI=1S/C23H23F3N4O3S/c1-11-6-7-15-13(9-11)14(10-22(15,3)23(24,25)26)17(31)18-12(2)28-20(34-18)29-21(33)30-8-4-5-16(30)19(27)32/h6-7,9-10,16H,4-5,8H2,1-3H3,(H2,27,32)(H,28,29,33)/t16-,22?/m0/s1. The summed E-state index contributed by atoms with van der Waals surface area (Å²) in [6.45, 7) is 4.71. The molecule has 3 amide bonds. The highest BCUT2D eigenvalue weighted by Gasteiger charge is 2.55. The minimum Gasteiger partial charge on any atom is -0.368 e. The van der Waals surface area contributed by atoms with Crippen LogP contribution >= 0.6 is 11.3 Å². The number of hydrogen-bond donors (Lipinski definition) is 2. The van der Waals surface area contributed by atoms with Gasteiger partial charge in [0.25, 0.3) is 0 Å². The van der Waals surface area contributed by atoms with Gasteiger partial charge in [-0.2, -0.15) is 13.2 Å². The summed E-state index contributed by atoms with van der Waals surface area (Å²) in [5.41, 5.74) is 4.29. The predicted octanol–water partition coefficient (Wildman–Crippen LogP) is 4.34. The summed E-state index contributed by atoms with van der Waals surface area (Å²) in [5, 5.41) is 2.69. The maximum atomic E-state index is 14.0. The molecule has 2 heterocycles.